The lowest BCUT2D eigenvalue weighted by atomic mass is 10.1. The Morgan fingerprint density at radius 3 is 2.28 bits per heavy atom. The Bertz CT molecular complexity index is 478. The number of carbonyl (C=O) groups excluding carboxylic acids is 1. The zero-order valence-corrected chi connectivity index (χ0v) is 12.3. The van der Waals surface area contributed by atoms with Gasteiger partial charge in [-0.25, -0.2) is 4.79 Å². The Morgan fingerprint density at radius 2 is 1.83 bits per heavy atom. The molecule has 0 N–H and O–H groups in total. The van der Waals surface area contributed by atoms with Gasteiger partial charge >= 0.3 is 14.2 Å². The Hall–Kier alpha value is -0.780. The summed E-state index contributed by atoms with van der Waals surface area (Å²) in [6.45, 7) is 4.29. The lowest BCUT2D eigenvalue weighted by Crippen LogP contribution is -2.04. The van der Waals surface area contributed by atoms with Crippen molar-refractivity contribution in [3.8, 4) is 0 Å². The van der Waals surface area contributed by atoms with E-state index in [4.69, 9.17) is 13.2 Å². The average molecular weight is 313 g/mol. The summed E-state index contributed by atoms with van der Waals surface area (Å²) in [5, 5.41) is 0. The fourth-order valence-electron chi connectivity index (χ4n) is 1.13. The molecule has 0 radical (unpaired) electrons. The molecule has 0 fully saturated rings. The van der Waals surface area contributed by atoms with Gasteiger partial charge in [0, 0.05) is 21.4 Å². The normalized spacial score (nSPS) is 10.2. The molecule has 4 nitrogen and oxygen atoms in total. The highest BCUT2D eigenvalue weighted by atomic mass is 36.0. The van der Waals surface area contributed by atoms with Gasteiger partial charge in [-0.15, -0.1) is 0 Å². The number of hydrogen-bond acceptors (Lipinski definition) is 4. The van der Waals surface area contributed by atoms with Crippen LogP contribution in [0.15, 0.2) is 24.3 Å². The van der Waals surface area contributed by atoms with E-state index in [1.807, 2.05) is 25.1 Å². The van der Waals surface area contributed by atoms with E-state index in [0.29, 0.717) is 12.2 Å². The zero-order chi connectivity index (χ0) is 14.2. The minimum atomic E-state index is -3.72. The van der Waals surface area contributed by atoms with E-state index in [-0.39, 0.29) is 5.97 Å². The molecule has 0 aliphatic rings. The van der Waals surface area contributed by atoms with Crippen LogP contribution in [0.1, 0.15) is 29.8 Å². The first-order chi connectivity index (χ1) is 8.27. The summed E-state index contributed by atoms with van der Waals surface area (Å²) < 4.78 is 23.2. The van der Waals surface area contributed by atoms with Crippen LogP contribution in [0.5, 0.6) is 0 Å². The highest BCUT2D eigenvalue weighted by Gasteiger charge is 2.05. The van der Waals surface area contributed by atoms with Gasteiger partial charge < -0.3 is 4.74 Å². The van der Waals surface area contributed by atoms with Gasteiger partial charge in [0.05, 0.1) is 12.2 Å². The standard InChI is InChI=1S/C11H14O2.Cl2O2S/c1-3-9-6-5-7-10(8-9)11(12)13-4-2;1-5(2,3)4/h5-8H,3-4H2,1-2H3;. The second-order valence-electron chi connectivity index (χ2n) is 3.15. The number of aryl methyl sites for hydroxylation is 1. The van der Waals surface area contributed by atoms with Crippen molar-refractivity contribution < 1.29 is 17.9 Å². The number of benzene rings is 1. The maximum absolute atomic E-state index is 11.3. The van der Waals surface area contributed by atoms with E-state index in [1.54, 1.807) is 6.07 Å². The number of esters is 1. The molecule has 0 heterocycles. The van der Waals surface area contributed by atoms with Gasteiger partial charge in [0.2, 0.25) is 0 Å². The molecule has 102 valence electrons. The highest BCUT2D eigenvalue weighted by Crippen LogP contribution is 2.07. The molecule has 1 rings (SSSR count). The van der Waals surface area contributed by atoms with Crippen molar-refractivity contribution in [1.82, 2.24) is 0 Å². The third-order valence-electron chi connectivity index (χ3n) is 1.85. The van der Waals surface area contributed by atoms with Gasteiger partial charge in [-0.2, -0.15) is 8.42 Å². The smallest absolute Gasteiger partial charge is 0.338 e. The first-order valence-corrected chi connectivity index (χ1v) is 8.31. The summed E-state index contributed by atoms with van der Waals surface area (Å²) in [6.07, 6.45) is 0.938. The summed E-state index contributed by atoms with van der Waals surface area (Å²) >= 11 is 0. The molecule has 0 spiro atoms. The van der Waals surface area contributed by atoms with Crippen LogP contribution in [-0.2, 0) is 19.4 Å². The number of halogens is 2. The number of hydrogen-bond donors (Lipinski definition) is 0. The van der Waals surface area contributed by atoms with Crippen LogP contribution in [0, 0.1) is 0 Å². The van der Waals surface area contributed by atoms with Gasteiger partial charge in [0.15, 0.2) is 0 Å². The van der Waals surface area contributed by atoms with Crippen molar-refractivity contribution in [3.63, 3.8) is 0 Å². The fraction of sp³-hybridized carbons (Fsp3) is 0.364. The maximum atomic E-state index is 11.3. The van der Waals surface area contributed by atoms with Crippen molar-refractivity contribution in [3.05, 3.63) is 35.4 Å². The van der Waals surface area contributed by atoms with E-state index < -0.39 is 8.26 Å². The van der Waals surface area contributed by atoms with E-state index in [0.717, 1.165) is 12.0 Å². The Balaban J connectivity index is 0.000000494. The fourth-order valence-corrected chi connectivity index (χ4v) is 1.13. The number of carbonyl (C=O) groups is 1. The molecule has 7 heteroatoms. The predicted molar refractivity (Wildman–Crippen MR) is 72.4 cm³/mol. The lowest BCUT2D eigenvalue weighted by molar-refractivity contribution is 0.0526. The molecule has 0 aliphatic heterocycles. The summed E-state index contributed by atoms with van der Waals surface area (Å²) in [5.41, 5.74) is 1.80. The van der Waals surface area contributed by atoms with Crippen molar-refractivity contribution in [2.75, 3.05) is 6.61 Å². The SMILES string of the molecule is CCOC(=O)c1cccc(CC)c1.O=S(=O)(Cl)Cl. The van der Waals surface area contributed by atoms with Crippen molar-refractivity contribution >= 4 is 35.6 Å². The van der Waals surface area contributed by atoms with Crippen LogP contribution in [0.25, 0.3) is 0 Å². The number of rotatable bonds is 3. The van der Waals surface area contributed by atoms with Crippen molar-refractivity contribution in [1.29, 1.82) is 0 Å². The predicted octanol–water partition coefficient (Wildman–Crippen LogP) is 3.13. The van der Waals surface area contributed by atoms with Crippen LogP contribution >= 0.6 is 21.4 Å². The summed E-state index contributed by atoms with van der Waals surface area (Å²) in [7, 11) is 4.81. The minimum absolute atomic E-state index is 0.238. The van der Waals surface area contributed by atoms with Gasteiger partial charge in [0.25, 0.3) is 0 Å². The summed E-state index contributed by atoms with van der Waals surface area (Å²) in [4.78, 5) is 11.3. The molecule has 0 saturated carbocycles. The highest BCUT2D eigenvalue weighted by molar-refractivity contribution is 8.31. The Morgan fingerprint density at radius 1 is 1.28 bits per heavy atom. The topological polar surface area (TPSA) is 60.4 Å². The monoisotopic (exact) mass is 312 g/mol. The molecule has 0 aliphatic carbocycles. The minimum Gasteiger partial charge on any atom is -0.462 e. The largest absolute Gasteiger partial charge is 0.462 e. The van der Waals surface area contributed by atoms with Crippen LogP contribution in [0.4, 0.5) is 0 Å². The van der Waals surface area contributed by atoms with Gasteiger partial charge in [-0.05, 0) is 31.0 Å². The third-order valence-corrected chi connectivity index (χ3v) is 1.85. The zero-order valence-electron chi connectivity index (χ0n) is 10.0. The molecule has 18 heavy (non-hydrogen) atoms. The molecule has 0 bridgehead atoms. The second-order valence-corrected chi connectivity index (χ2v) is 6.82. The van der Waals surface area contributed by atoms with Crippen LogP contribution in [-0.4, -0.2) is 21.0 Å². The van der Waals surface area contributed by atoms with Gasteiger partial charge in [0.1, 0.15) is 0 Å². The first-order valence-electron chi connectivity index (χ1n) is 5.18. The first kappa shape index (κ1) is 17.2. The molecule has 0 atom stereocenters. The van der Waals surface area contributed by atoms with Crippen LogP contribution in [0.3, 0.4) is 0 Å². The Kier molecular flexibility index (Phi) is 7.98. The van der Waals surface area contributed by atoms with Crippen molar-refractivity contribution in [2.24, 2.45) is 0 Å². The van der Waals surface area contributed by atoms with Crippen LogP contribution < -0.4 is 0 Å². The maximum Gasteiger partial charge on any atom is 0.338 e. The third kappa shape index (κ3) is 9.27. The summed E-state index contributed by atoms with van der Waals surface area (Å²) in [5.74, 6) is -0.238. The quantitative estimate of drug-likeness (QED) is 0.635. The molecular weight excluding hydrogens is 299 g/mol. The lowest BCUT2D eigenvalue weighted by Gasteiger charge is -2.02. The Labute approximate surface area is 116 Å². The molecule has 0 saturated heterocycles. The summed E-state index contributed by atoms with van der Waals surface area (Å²) in [6, 6.07) is 7.53. The molecular formula is C11H14Cl2O4S. The molecule has 0 aromatic heterocycles. The van der Waals surface area contributed by atoms with Crippen LogP contribution in [0.2, 0.25) is 0 Å². The molecule has 0 amide bonds. The number of ether oxygens (including phenoxy) is 1. The van der Waals surface area contributed by atoms with E-state index >= 15 is 0 Å². The van der Waals surface area contributed by atoms with E-state index in [2.05, 4.69) is 28.3 Å². The molecule has 1 aromatic carbocycles. The van der Waals surface area contributed by atoms with E-state index in [9.17, 15) is 4.79 Å². The van der Waals surface area contributed by atoms with Gasteiger partial charge in [-0.1, -0.05) is 19.1 Å². The van der Waals surface area contributed by atoms with Crippen molar-refractivity contribution in [2.45, 2.75) is 20.3 Å². The average Bonchev–Trinajstić information content (AvgIpc) is 2.27. The van der Waals surface area contributed by atoms with Gasteiger partial charge in [-0.3, -0.25) is 0 Å². The van der Waals surface area contributed by atoms with E-state index in [1.165, 1.54) is 0 Å². The molecule has 1 aromatic rings. The second kappa shape index (κ2) is 8.34. The molecule has 0 unspecified atom stereocenters.